The highest BCUT2D eigenvalue weighted by Crippen LogP contribution is 2.34. The molecular formula is C17H23N5O5. The number of aliphatic hydroxyl groups is 2. The second kappa shape index (κ2) is 8.44. The quantitative estimate of drug-likeness (QED) is 0.502. The van der Waals surface area contributed by atoms with Gasteiger partial charge in [0.05, 0.1) is 18.1 Å². The number of fused-ring (bicyclic) bond motifs is 1. The topological polar surface area (TPSA) is 145 Å². The summed E-state index contributed by atoms with van der Waals surface area (Å²) in [6.07, 6.45) is 5.66. The molecule has 0 aliphatic carbocycles. The van der Waals surface area contributed by atoms with Crippen molar-refractivity contribution in [3.05, 3.63) is 24.2 Å². The van der Waals surface area contributed by atoms with Crippen molar-refractivity contribution in [2.75, 3.05) is 32.6 Å². The SMILES string of the molecule is COCC1OC(n2cc(/C=C/CNC(=O)CO)c3c(N)ncnc32)CC1O. The van der Waals surface area contributed by atoms with Gasteiger partial charge in [0.2, 0.25) is 5.91 Å². The molecule has 1 aliphatic heterocycles. The summed E-state index contributed by atoms with van der Waals surface area (Å²) in [5, 5.41) is 22.1. The summed E-state index contributed by atoms with van der Waals surface area (Å²) in [6.45, 7) is -0.00253. The highest BCUT2D eigenvalue weighted by molar-refractivity contribution is 5.94. The lowest BCUT2D eigenvalue weighted by molar-refractivity contribution is -0.123. The maximum absolute atomic E-state index is 11.1. The third-order valence-electron chi connectivity index (χ3n) is 4.37. The molecule has 0 aromatic carbocycles. The minimum Gasteiger partial charge on any atom is -0.390 e. The second-order valence-corrected chi connectivity index (χ2v) is 6.20. The summed E-state index contributed by atoms with van der Waals surface area (Å²) >= 11 is 0. The predicted molar refractivity (Wildman–Crippen MR) is 97.5 cm³/mol. The van der Waals surface area contributed by atoms with Crippen LogP contribution in [0.1, 0.15) is 18.2 Å². The molecule has 0 bridgehead atoms. The van der Waals surface area contributed by atoms with E-state index in [-0.39, 0.29) is 6.54 Å². The summed E-state index contributed by atoms with van der Waals surface area (Å²) in [5.74, 6) is -0.132. The lowest BCUT2D eigenvalue weighted by Gasteiger charge is -2.15. The minimum atomic E-state index is -0.640. The summed E-state index contributed by atoms with van der Waals surface area (Å²) in [4.78, 5) is 19.5. The first kappa shape index (κ1) is 19.2. The average molecular weight is 377 g/mol. The maximum Gasteiger partial charge on any atom is 0.245 e. The zero-order chi connectivity index (χ0) is 19.4. The number of amides is 1. The van der Waals surface area contributed by atoms with Crippen LogP contribution in [0, 0.1) is 0 Å². The van der Waals surface area contributed by atoms with Gasteiger partial charge in [-0.3, -0.25) is 4.79 Å². The number of hydrogen-bond donors (Lipinski definition) is 4. The van der Waals surface area contributed by atoms with Crippen LogP contribution in [0.3, 0.4) is 0 Å². The van der Waals surface area contributed by atoms with E-state index >= 15 is 0 Å². The van der Waals surface area contributed by atoms with Gasteiger partial charge in [0.15, 0.2) is 0 Å². The van der Waals surface area contributed by atoms with Crippen LogP contribution in [0.15, 0.2) is 18.6 Å². The van der Waals surface area contributed by atoms with Crippen molar-refractivity contribution in [3.8, 4) is 0 Å². The smallest absolute Gasteiger partial charge is 0.245 e. The molecule has 1 aliphatic rings. The second-order valence-electron chi connectivity index (χ2n) is 6.20. The van der Waals surface area contributed by atoms with Crippen LogP contribution in [0.25, 0.3) is 17.1 Å². The van der Waals surface area contributed by atoms with E-state index in [1.54, 1.807) is 19.3 Å². The van der Waals surface area contributed by atoms with Gasteiger partial charge < -0.3 is 35.3 Å². The molecule has 10 nitrogen and oxygen atoms in total. The van der Waals surface area contributed by atoms with E-state index in [9.17, 15) is 9.90 Å². The van der Waals surface area contributed by atoms with E-state index in [4.69, 9.17) is 20.3 Å². The first-order valence-electron chi connectivity index (χ1n) is 8.52. The summed E-state index contributed by atoms with van der Waals surface area (Å²) in [7, 11) is 1.56. The van der Waals surface area contributed by atoms with E-state index in [0.29, 0.717) is 29.9 Å². The highest BCUT2D eigenvalue weighted by atomic mass is 16.6. The normalized spacial score (nSPS) is 22.7. The summed E-state index contributed by atoms with van der Waals surface area (Å²) in [5.41, 5.74) is 7.39. The Hall–Kier alpha value is -2.53. The average Bonchev–Trinajstić information content (AvgIpc) is 3.20. The maximum atomic E-state index is 11.1. The molecule has 3 unspecified atom stereocenters. The van der Waals surface area contributed by atoms with Gasteiger partial charge in [-0.1, -0.05) is 12.2 Å². The number of rotatable bonds is 7. The first-order valence-corrected chi connectivity index (χ1v) is 8.52. The molecule has 27 heavy (non-hydrogen) atoms. The van der Waals surface area contributed by atoms with Crippen LogP contribution < -0.4 is 11.1 Å². The van der Waals surface area contributed by atoms with Gasteiger partial charge in [0.25, 0.3) is 0 Å². The number of carbonyl (C=O) groups is 1. The largest absolute Gasteiger partial charge is 0.390 e. The van der Waals surface area contributed by atoms with E-state index in [1.165, 1.54) is 6.33 Å². The first-order chi connectivity index (χ1) is 13.0. The number of aromatic nitrogens is 3. The Morgan fingerprint density at radius 1 is 1.56 bits per heavy atom. The zero-order valence-electron chi connectivity index (χ0n) is 14.9. The summed E-state index contributed by atoms with van der Waals surface area (Å²) in [6, 6.07) is 0. The van der Waals surface area contributed by atoms with Gasteiger partial charge >= 0.3 is 0 Å². The Kier molecular flexibility index (Phi) is 6.01. The standard InChI is InChI=1S/C17H23N5O5/c1-26-8-12-11(24)5-14(27-12)22-6-10(3-2-4-19-13(25)7-23)15-16(18)20-9-21-17(15)22/h2-3,6,9,11-12,14,23-24H,4-5,7-8H2,1H3,(H,19,25)(H2,18,20,21)/b3-2+. The molecule has 1 fully saturated rings. The monoisotopic (exact) mass is 377 g/mol. The number of nitrogens with zero attached hydrogens (tertiary/aromatic N) is 3. The molecule has 3 heterocycles. The lowest BCUT2D eigenvalue weighted by atomic mass is 10.2. The lowest BCUT2D eigenvalue weighted by Crippen LogP contribution is -2.25. The molecule has 0 radical (unpaired) electrons. The van der Waals surface area contributed by atoms with E-state index in [0.717, 1.165) is 5.56 Å². The van der Waals surface area contributed by atoms with Gasteiger partial charge in [-0.15, -0.1) is 0 Å². The van der Waals surface area contributed by atoms with E-state index in [1.807, 2.05) is 10.8 Å². The van der Waals surface area contributed by atoms with Gasteiger partial charge in [-0.25, -0.2) is 9.97 Å². The number of nitrogen functional groups attached to an aromatic ring is 1. The Balaban J connectivity index is 1.88. The number of anilines is 1. The van der Waals surface area contributed by atoms with Crippen molar-refractivity contribution in [1.82, 2.24) is 19.9 Å². The molecule has 2 aromatic rings. The Morgan fingerprint density at radius 3 is 3.11 bits per heavy atom. The van der Waals surface area contributed by atoms with Gasteiger partial charge in [0.1, 0.15) is 36.7 Å². The zero-order valence-corrected chi connectivity index (χ0v) is 14.9. The number of aliphatic hydroxyl groups excluding tert-OH is 2. The minimum absolute atomic E-state index is 0.258. The van der Waals surface area contributed by atoms with Crippen LogP contribution in [-0.4, -0.2) is 69.7 Å². The molecule has 3 rings (SSSR count). The molecule has 0 spiro atoms. The summed E-state index contributed by atoms with van der Waals surface area (Å²) < 4.78 is 12.8. The van der Waals surface area contributed by atoms with Gasteiger partial charge in [-0.05, 0) is 0 Å². The highest BCUT2D eigenvalue weighted by Gasteiger charge is 2.35. The van der Waals surface area contributed by atoms with Crippen molar-refractivity contribution in [2.24, 2.45) is 0 Å². The van der Waals surface area contributed by atoms with Crippen molar-refractivity contribution < 1.29 is 24.5 Å². The predicted octanol–water partition coefficient (Wildman–Crippen LogP) is -0.570. The van der Waals surface area contributed by atoms with Crippen LogP contribution in [0.2, 0.25) is 0 Å². The third-order valence-corrected chi connectivity index (χ3v) is 4.37. The molecule has 1 saturated heterocycles. The molecule has 3 atom stereocenters. The molecule has 1 amide bonds. The van der Waals surface area contributed by atoms with Crippen molar-refractivity contribution in [2.45, 2.75) is 24.9 Å². The van der Waals surface area contributed by atoms with E-state index in [2.05, 4.69) is 15.3 Å². The fraction of sp³-hybridized carbons (Fsp3) is 0.471. The fourth-order valence-corrected chi connectivity index (χ4v) is 3.10. The third kappa shape index (κ3) is 4.08. The molecule has 2 aromatic heterocycles. The molecule has 10 heteroatoms. The van der Waals surface area contributed by atoms with Gasteiger partial charge in [-0.2, -0.15) is 0 Å². The Morgan fingerprint density at radius 2 is 2.37 bits per heavy atom. The van der Waals surface area contributed by atoms with Gasteiger partial charge in [0, 0.05) is 31.8 Å². The molecular weight excluding hydrogens is 354 g/mol. The number of nitrogens with one attached hydrogen (secondary N) is 1. The number of methoxy groups -OCH3 is 1. The van der Waals surface area contributed by atoms with Crippen LogP contribution in [0.4, 0.5) is 5.82 Å². The van der Waals surface area contributed by atoms with E-state index < -0.39 is 30.9 Å². The van der Waals surface area contributed by atoms with Crippen molar-refractivity contribution >= 4 is 28.8 Å². The Bertz CT molecular complexity index is 836. The number of carbonyl (C=O) groups excluding carboxylic acids is 1. The van der Waals surface area contributed by atoms with Crippen LogP contribution in [-0.2, 0) is 14.3 Å². The number of nitrogens with two attached hydrogens (primary N) is 1. The van der Waals surface area contributed by atoms with Crippen molar-refractivity contribution in [3.63, 3.8) is 0 Å². The van der Waals surface area contributed by atoms with Crippen LogP contribution in [0.5, 0.6) is 0 Å². The van der Waals surface area contributed by atoms with Crippen LogP contribution >= 0.6 is 0 Å². The molecule has 5 N–H and O–H groups in total. The Labute approximate surface area is 155 Å². The number of ether oxygens (including phenoxy) is 2. The van der Waals surface area contributed by atoms with Crippen molar-refractivity contribution in [1.29, 1.82) is 0 Å². The number of hydrogen-bond acceptors (Lipinski definition) is 8. The fourth-order valence-electron chi connectivity index (χ4n) is 3.10. The molecule has 0 saturated carbocycles. The molecule has 146 valence electrons.